The Kier molecular flexibility index (Phi) is 28.1. The van der Waals surface area contributed by atoms with Crippen molar-refractivity contribution in [2.24, 2.45) is 0 Å². The van der Waals surface area contributed by atoms with Crippen molar-refractivity contribution < 1.29 is 22.9 Å². The summed E-state index contributed by atoms with van der Waals surface area (Å²) in [6, 6.07) is -0.970. The van der Waals surface area contributed by atoms with E-state index in [4.69, 9.17) is 0 Å². The molecule has 0 aromatic heterocycles. The van der Waals surface area contributed by atoms with Crippen molar-refractivity contribution in [2.75, 3.05) is 5.75 Å². The van der Waals surface area contributed by atoms with Gasteiger partial charge >= 0.3 is 0 Å². The zero-order valence-corrected chi connectivity index (χ0v) is 27.5. The van der Waals surface area contributed by atoms with Gasteiger partial charge in [-0.25, -0.2) is 0 Å². The van der Waals surface area contributed by atoms with E-state index >= 15 is 0 Å². The maximum atomic E-state index is 12.4. The van der Waals surface area contributed by atoms with E-state index < -0.39 is 28.0 Å². The fraction of sp³-hybridized carbons (Fsp3) is 0.853. The Morgan fingerprint density at radius 3 is 1.61 bits per heavy atom. The number of amides is 1. The molecule has 0 spiro atoms. The average Bonchev–Trinajstić information content (AvgIpc) is 2.92. The van der Waals surface area contributed by atoms with Crippen molar-refractivity contribution in [3.63, 3.8) is 0 Å². The normalized spacial score (nSPS) is 13.8. The molecule has 7 heteroatoms. The summed E-state index contributed by atoms with van der Waals surface area (Å²) in [6.45, 7) is 4.44. The van der Waals surface area contributed by atoms with Gasteiger partial charge in [-0.3, -0.25) is 9.35 Å². The van der Waals surface area contributed by atoms with Crippen LogP contribution >= 0.6 is 0 Å². The molecule has 0 aromatic rings. The van der Waals surface area contributed by atoms with Crippen molar-refractivity contribution in [2.45, 2.75) is 180 Å². The van der Waals surface area contributed by atoms with E-state index in [1.807, 2.05) is 0 Å². The summed E-state index contributed by atoms with van der Waals surface area (Å²) in [6.07, 6.45) is 34.2. The lowest BCUT2D eigenvalue weighted by Crippen LogP contribution is -2.47. The first-order valence-corrected chi connectivity index (χ1v) is 18.6. The Labute approximate surface area is 254 Å². The van der Waals surface area contributed by atoms with Crippen LogP contribution in [0.3, 0.4) is 0 Å². The molecule has 6 nitrogen and oxygen atoms in total. The molecule has 0 fully saturated rings. The minimum atomic E-state index is -4.30. The maximum absolute atomic E-state index is 12.4. The van der Waals surface area contributed by atoms with E-state index in [1.54, 1.807) is 0 Å². The molecule has 3 N–H and O–H groups in total. The van der Waals surface area contributed by atoms with E-state index in [2.05, 4.69) is 43.5 Å². The Balaban J connectivity index is 3.91. The standard InChI is InChI=1S/C34H65NO5S/c1-3-5-7-9-11-13-14-15-16-17-18-19-20-21-22-24-26-28-30-34(37)35-32(31-41(38,39)40)33(36)29-27-25-23-12-10-8-6-4-2/h13-14,16-17,32-33,36H,3-12,15,18-31H2,1-2H3,(H,35,37)(H,38,39,40)/b14-13-,17-16-. The molecule has 2 atom stereocenters. The van der Waals surface area contributed by atoms with E-state index in [0.29, 0.717) is 12.8 Å². The summed E-state index contributed by atoms with van der Waals surface area (Å²) in [5.41, 5.74) is 0. The Bertz CT molecular complexity index is 750. The van der Waals surface area contributed by atoms with Crippen molar-refractivity contribution >= 4 is 16.0 Å². The van der Waals surface area contributed by atoms with Crippen LogP contribution in [-0.2, 0) is 14.9 Å². The highest BCUT2D eigenvalue weighted by molar-refractivity contribution is 7.85. The number of carbonyl (C=O) groups excluding carboxylic acids is 1. The first-order valence-electron chi connectivity index (χ1n) is 17.0. The predicted molar refractivity (Wildman–Crippen MR) is 175 cm³/mol. The number of hydrogen-bond donors (Lipinski definition) is 3. The van der Waals surface area contributed by atoms with Gasteiger partial charge in [0.1, 0.15) is 0 Å². The molecule has 0 saturated heterocycles. The molecule has 1 amide bonds. The fourth-order valence-electron chi connectivity index (χ4n) is 5.07. The van der Waals surface area contributed by atoms with Crippen LogP contribution in [0.1, 0.15) is 168 Å². The van der Waals surface area contributed by atoms with Crippen LogP contribution in [0.4, 0.5) is 0 Å². The Morgan fingerprint density at radius 1 is 0.659 bits per heavy atom. The molecule has 0 rings (SSSR count). The average molecular weight is 600 g/mol. The summed E-state index contributed by atoms with van der Waals surface area (Å²) in [5, 5.41) is 13.2. The van der Waals surface area contributed by atoms with E-state index in [0.717, 1.165) is 57.8 Å². The monoisotopic (exact) mass is 599 g/mol. The molecule has 41 heavy (non-hydrogen) atoms. The molecule has 0 aliphatic rings. The molecule has 0 saturated carbocycles. The second-order valence-corrected chi connectivity index (χ2v) is 13.3. The van der Waals surface area contributed by atoms with Gasteiger partial charge in [0.25, 0.3) is 10.1 Å². The van der Waals surface area contributed by atoms with Crippen LogP contribution in [-0.4, -0.2) is 41.9 Å². The van der Waals surface area contributed by atoms with Gasteiger partial charge in [0.2, 0.25) is 5.91 Å². The Morgan fingerprint density at radius 2 is 1.10 bits per heavy atom. The summed E-state index contributed by atoms with van der Waals surface area (Å²) in [5.74, 6) is -0.908. The molecule has 0 aliphatic carbocycles. The van der Waals surface area contributed by atoms with Gasteiger partial charge in [-0.15, -0.1) is 0 Å². The zero-order valence-electron chi connectivity index (χ0n) is 26.7. The molecule has 242 valence electrons. The first-order chi connectivity index (χ1) is 19.8. The summed E-state index contributed by atoms with van der Waals surface area (Å²) in [4.78, 5) is 12.4. The molecule has 0 aromatic carbocycles. The highest BCUT2D eigenvalue weighted by Gasteiger charge is 2.26. The van der Waals surface area contributed by atoms with Crippen molar-refractivity contribution in [3.05, 3.63) is 24.3 Å². The predicted octanol–water partition coefficient (Wildman–Crippen LogP) is 9.23. The van der Waals surface area contributed by atoms with Crippen LogP contribution in [0.15, 0.2) is 24.3 Å². The molecule has 0 aliphatic heterocycles. The maximum Gasteiger partial charge on any atom is 0.266 e. The first kappa shape index (κ1) is 39.8. The number of rotatable bonds is 30. The molecule has 2 unspecified atom stereocenters. The number of aliphatic hydroxyl groups excluding tert-OH is 1. The minimum absolute atomic E-state index is 0.258. The van der Waals surface area contributed by atoms with Gasteiger partial charge in [-0.1, -0.05) is 141 Å². The number of nitrogens with one attached hydrogen (secondary N) is 1. The number of carbonyl (C=O) groups is 1. The van der Waals surface area contributed by atoms with Gasteiger partial charge in [-0.05, 0) is 44.9 Å². The summed E-state index contributed by atoms with van der Waals surface area (Å²) >= 11 is 0. The lowest BCUT2D eigenvalue weighted by atomic mass is 10.0. The topological polar surface area (TPSA) is 104 Å². The van der Waals surface area contributed by atoms with Gasteiger partial charge in [0, 0.05) is 6.42 Å². The number of unbranched alkanes of at least 4 members (excludes halogenated alkanes) is 18. The fourth-order valence-corrected chi connectivity index (χ4v) is 5.83. The van der Waals surface area contributed by atoms with Gasteiger partial charge in [0.05, 0.1) is 17.9 Å². The quantitative estimate of drug-likeness (QED) is 0.0434. The van der Waals surface area contributed by atoms with Crippen LogP contribution in [0, 0.1) is 0 Å². The SMILES string of the molecule is CCCCCC/C=C\C/C=C\CCCCCCCCCC(=O)NC(CS(=O)(=O)O)C(O)CCCCCCCCCC. The largest absolute Gasteiger partial charge is 0.391 e. The van der Waals surface area contributed by atoms with E-state index in [9.17, 15) is 22.9 Å². The van der Waals surface area contributed by atoms with Gasteiger partial charge in [-0.2, -0.15) is 8.42 Å². The third-order valence-electron chi connectivity index (χ3n) is 7.66. The van der Waals surface area contributed by atoms with Crippen molar-refractivity contribution in [1.29, 1.82) is 0 Å². The van der Waals surface area contributed by atoms with Gasteiger partial charge < -0.3 is 10.4 Å². The second-order valence-electron chi connectivity index (χ2n) is 11.8. The number of aliphatic hydroxyl groups is 1. The second kappa shape index (κ2) is 28.9. The highest BCUT2D eigenvalue weighted by Crippen LogP contribution is 2.14. The molecule has 0 heterocycles. The minimum Gasteiger partial charge on any atom is -0.391 e. The third kappa shape index (κ3) is 30.1. The van der Waals surface area contributed by atoms with E-state index in [-0.39, 0.29) is 5.91 Å². The van der Waals surface area contributed by atoms with E-state index in [1.165, 1.54) is 83.5 Å². The molecular formula is C34H65NO5S. The van der Waals surface area contributed by atoms with Crippen LogP contribution in [0.2, 0.25) is 0 Å². The van der Waals surface area contributed by atoms with Crippen molar-refractivity contribution in [1.82, 2.24) is 5.32 Å². The lowest BCUT2D eigenvalue weighted by Gasteiger charge is -2.23. The van der Waals surface area contributed by atoms with Crippen LogP contribution < -0.4 is 5.32 Å². The highest BCUT2D eigenvalue weighted by atomic mass is 32.2. The molecular weight excluding hydrogens is 534 g/mol. The molecule has 0 radical (unpaired) electrons. The number of allylic oxidation sites excluding steroid dienone is 4. The lowest BCUT2D eigenvalue weighted by molar-refractivity contribution is -0.122. The van der Waals surface area contributed by atoms with Gasteiger partial charge in [0.15, 0.2) is 0 Å². The van der Waals surface area contributed by atoms with Crippen LogP contribution in [0.5, 0.6) is 0 Å². The summed E-state index contributed by atoms with van der Waals surface area (Å²) in [7, 11) is -4.30. The zero-order chi connectivity index (χ0) is 30.4. The van der Waals surface area contributed by atoms with Crippen molar-refractivity contribution in [3.8, 4) is 0 Å². The third-order valence-corrected chi connectivity index (χ3v) is 8.44. The molecule has 0 bridgehead atoms. The van der Waals surface area contributed by atoms with Crippen LogP contribution in [0.25, 0.3) is 0 Å². The Hall–Kier alpha value is -1.18. The smallest absolute Gasteiger partial charge is 0.266 e. The summed E-state index contributed by atoms with van der Waals surface area (Å²) < 4.78 is 32.2. The number of hydrogen-bond acceptors (Lipinski definition) is 4.